The van der Waals surface area contributed by atoms with Gasteiger partial charge in [0.05, 0.1) is 10.4 Å². The van der Waals surface area contributed by atoms with Crippen LogP contribution >= 0.6 is 23.1 Å². The summed E-state index contributed by atoms with van der Waals surface area (Å²) >= 11 is 2.64. The zero-order chi connectivity index (χ0) is 12.3. The van der Waals surface area contributed by atoms with Crippen molar-refractivity contribution in [1.82, 2.24) is 9.97 Å². The number of amides is 1. The quantitative estimate of drug-likeness (QED) is 0.892. The van der Waals surface area contributed by atoms with Crippen molar-refractivity contribution in [2.45, 2.75) is 16.2 Å². The van der Waals surface area contributed by atoms with Gasteiger partial charge in [-0.15, -0.1) is 0 Å². The molecule has 5 nitrogen and oxygen atoms in total. The van der Waals surface area contributed by atoms with Crippen LogP contribution in [-0.4, -0.2) is 21.0 Å². The number of carbonyl (C=O) groups is 1. The molecule has 0 spiro atoms. The molecular weight excluding hydrogens is 258 g/mol. The van der Waals surface area contributed by atoms with Crippen LogP contribution in [0.25, 0.3) is 0 Å². The number of rotatable bonds is 3. The lowest BCUT2D eigenvalue weighted by atomic mass is 10.5. The normalized spacial score (nSPS) is 10.2. The Hall–Kier alpha value is -1.60. The van der Waals surface area contributed by atoms with Crippen molar-refractivity contribution in [3.63, 3.8) is 0 Å². The Morgan fingerprint density at radius 1 is 1.53 bits per heavy atom. The molecule has 0 aliphatic heterocycles. The number of hydrogen-bond donors (Lipinski definition) is 2. The molecule has 2 N–H and O–H groups in total. The van der Waals surface area contributed by atoms with E-state index in [0.717, 1.165) is 4.21 Å². The van der Waals surface area contributed by atoms with Gasteiger partial charge in [-0.05, 0) is 12.1 Å². The van der Waals surface area contributed by atoms with Gasteiger partial charge in [0.15, 0.2) is 5.13 Å². The second-order valence-corrected chi connectivity index (χ2v) is 5.42. The minimum absolute atomic E-state index is 0.131. The average Bonchev–Trinajstić information content (AvgIpc) is 2.68. The van der Waals surface area contributed by atoms with E-state index in [4.69, 9.17) is 0 Å². The zero-order valence-corrected chi connectivity index (χ0v) is 10.5. The molecule has 0 aliphatic carbocycles. The molecule has 0 saturated heterocycles. The molecule has 0 aliphatic rings. The molecule has 0 aromatic carbocycles. The lowest BCUT2D eigenvalue weighted by molar-refractivity contribution is -0.114. The summed E-state index contributed by atoms with van der Waals surface area (Å²) in [6.07, 6.45) is 3.24. The van der Waals surface area contributed by atoms with Gasteiger partial charge >= 0.3 is 0 Å². The van der Waals surface area contributed by atoms with Crippen LogP contribution in [0.2, 0.25) is 0 Å². The van der Waals surface area contributed by atoms with Crippen LogP contribution in [0.3, 0.4) is 0 Å². The van der Waals surface area contributed by atoms with Gasteiger partial charge in [0.25, 0.3) is 0 Å². The number of carbonyl (C=O) groups excluding carboxylic acids is 1. The van der Waals surface area contributed by atoms with Gasteiger partial charge in [0, 0.05) is 13.1 Å². The molecule has 0 radical (unpaired) electrons. The summed E-state index contributed by atoms with van der Waals surface area (Å²) < 4.78 is 0.850. The van der Waals surface area contributed by atoms with Crippen molar-refractivity contribution < 1.29 is 9.90 Å². The first-order chi connectivity index (χ1) is 8.15. The van der Waals surface area contributed by atoms with Crippen molar-refractivity contribution in [3.05, 3.63) is 24.5 Å². The topological polar surface area (TPSA) is 75.1 Å². The first-order valence-electron chi connectivity index (χ1n) is 4.70. The summed E-state index contributed by atoms with van der Waals surface area (Å²) in [6, 6.07) is 3.24. The summed E-state index contributed by atoms with van der Waals surface area (Å²) in [5.74, 6) is -0.0245. The van der Waals surface area contributed by atoms with E-state index in [2.05, 4.69) is 15.3 Å². The maximum absolute atomic E-state index is 10.8. The third-order valence-corrected chi connectivity index (χ3v) is 3.74. The van der Waals surface area contributed by atoms with Crippen molar-refractivity contribution in [2.24, 2.45) is 0 Å². The first kappa shape index (κ1) is 11.9. The van der Waals surface area contributed by atoms with Crippen LogP contribution in [-0.2, 0) is 4.79 Å². The Bertz CT molecular complexity index is 542. The number of nitrogens with zero attached hydrogens (tertiary/aromatic N) is 2. The molecule has 0 bridgehead atoms. The van der Waals surface area contributed by atoms with Crippen LogP contribution in [0.5, 0.6) is 5.75 Å². The number of thiazole rings is 1. The minimum Gasteiger partial charge on any atom is -0.505 e. The fraction of sp³-hybridized carbons (Fsp3) is 0.100. The molecule has 17 heavy (non-hydrogen) atoms. The van der Waals surface area contributed by atoms with Gasteiger partial charge < -0.3 is 10.4 Å². The van der Waals surface area contributed by atoms with Crippen LogP contribution < -0.4 is 5.32 Å². The number of nitrogens with one attached hydrogen (secondary N) is 1. The molecule has 2 aromatic rings. The van der Waals surface area contributed by atoms with E-state index in [1.807, 2.05) is 0 Å². The standard InChI is InChI=1S/C10H9N3O2S2/c1-6(14)13-10-12-5-8(17-10)16-9-7(15)3-2-4-11-9/h2-5,15H,1H3,(H,12,13,14). The van der Waals surface area contributed by atoms with Crippen LogP contribution in [0, 0.1) is 0 Å². The van der Waals surface area contributed by atoms with E-state index >= 15 is 0 Å². The summed E-state index contributed by atoms with van der Waals surface area (Å²) in [5.41, 5.74) is 0. The maximum atomic E-state index is 10.8. The molecule has 2 heterocycles. The second kappa shape index (κ2) is 5.15. The number of anilines is 1. The summed E-state index contributed by atoms with van der Waals surface area (Å²) in [6.45, 7) is 1.43. The fourth-order valence-electron chi connectivity index (χ4n) is 1.07. The molecule has 2 rings (SSSR count). The Morgan fingerprint density at radius 2 is 2.35 bits per heavy atom. The lowest BCUT2D eigenvalue weighted by Crippen LogP contribution is -2.04. The Labute approximate surface area is 106 Å². The van der Waals surface area contributed by atoms with E-state index in [0.29, 0.717) is 10.2 Å². The predicted molar refractivity (Wildman–Crippen MR) is 66.4 cm³/mol. The molecule has 0 unspecified atom stereocenters. The van der Waals surface area contributed by atoms with Crippen molar-refractivity contribution >= 4 is 34.1 Å². The zero-order valence-electron chi connectivity index (χ0n) is 8.88. The van der Waals surface area contributed by atoms with E-state index in [9.17, 15) is 9.90 Å². The highest BCUT2D eigenvalue weighted by atomic mass is 32.2. The monoisotopic (exact) mass is 267 g/mol. The Balaban J connectivity index is 2.12. The number of pyridine rings is 1. The van der Waals surface area contributed by atoms with Gasteiger partial charge in [0.1, 0.15) is 10.8 Å². The van der Waals surface area contributed by atoms with Crippen LogP contribution in [0.15, 0.2) is 33.8 Å². The molecule has 1 amide bonds. The lowest BCUT2D eigenvalue weighted by Gasteiger charge is -1.99. The fourth-order valence-corrected chi connectivity index (χ4v) is 2.89. The highest BCUT2D eigenvalue weighted by Gasteiger charge is 2.08. The summed E-state index contributed by atoms with van der Waals surface area (Å²) in [4.78, 5) is 18.9. The molecule has 0 atom stereocenters. The first-order valence-corrected chi connectivity index (χ1v) is 6.33. The van der Waals surface area contributed by atoms with Crippen molar-refractivity contribution in [2.75, 3.05) is 5.32 Å². The van der Waals surface area contributed by atoms with Crippen molar-refractivity contribution in [1.29, 1.82) is 0 Å². The SMILES string of the molecule is CC(=O)Nc1ncc(Sc2ncccc2O)s1. The minimum atomic E-state index is -0.156. The second-order valence-electron chi connectivity index (χ2n) is 3.10. The van der Waals surface area contributed by atoms with E-state index in [-0.39, 0.29) is 11.7 Å². The third kappa shape index (κ3) is 3.18. The number of aromatic hydroxyl groups is 1. The highest BCUT2D eigenvalue weighted by molar-refractivity contribution is 8.01. The van der Waals surface area contributed by atoms with Gasteiger partial charge in [-0.2, -0.15) is 0 Å². The third-order valence-electron chi connectivity index (χ3n) is 1.72. The molecule has 0 saturated carbocycles. The smallest absolute Gasteiger partial charge is 0.223 e. The summed E-state index contributed by atoms with van der Waals surface area (Å²) in [7, 11) is 0. The van der Waals surface area contributed by atoms with Crippen LogP contribution in [0.1, 0.15) is 6.92 Å². The largest absolute Gasteiger partial charge is 0.505 e. The summed E-state index contributed by atoms with van der Waals surface area (Å²) in [5, 5.41) is 13.2. The van der Waals surface area contributed by atoms with E-state index in [1.165, 1.54) is 30.0 Å². The van der Waals surface area contributed by atoms with Crippen molar-refractivity contribution in [3.8, 4) is 5.75 Å². The molecule has 7 heteroatoms. The predicted octanol–water partition coefficient (Wildman–Crippen LogP) is 2.35. The molecule has 2 aromatic heterocycles. The maximum Gasteiger partial charge on any atom is 0.223 e. The average molecular weight is 267 g/mol. The van der Waals surface area contributed by atoms with Gasteiger partial charge in [-0.3, -0.25) is 4.79 Å². The molecule has 0 fully saturated rings. The Kier molecular flexibility index (Phi) is 3.60. The van der Waals surface area contributed by atoms with Crippen LogP contribution in [0.4, 0.5) is 5.13 Å². The van der Waals surface area contributed by atoms with Gasteiger partial charge in [-0.1, -0.05) is 23.1 Å². The van der Waals surface area contributed by atoms with Gasteiger partial charge in [-0.25, -0.2) is 9.97 Å². The Morgan fingerprint density at radius 3 is 3.06 bits per heavy atom. The van der Waals surface area contributed by atoms with E-state index < -0.39 is 0 Å². The molecular formula is C10H9N3O2S2. The van der Waals surface area contributed by atoms with E-state index in [1.54, 1.807) is 24.5 Å². The number of aromatic nitrogens is 2. The highest BCUT2D eigenvalue weighted by Crippen LogP contribution is 2.36. The van der Waals surface area contributed by atoms with Gasteiger partial charge in [0.2, 0.25) is 5.91 Å². The number of hydrogen-bond acceptors (Lipinski definition) is 6. The molecule has 88 valence electrons.